The van der Waals surface area contributed by atoms with Crippen LogP contribution in [0, 0.1) is 18.6 Å². The molecule has 0 bridgehead atoms. The molecule has 0 heterocycles. The van der Waals surface area contributed by atoms with Crippen molar-refractivity contribution in [3.8, 4) is 0 Å². The van der Waals surface area contributed by atoms with E-state index in [4.69, 9.17) is 0 Å². The molecule has 8 heteroatoms. The molecule has 1 N–H and O–H groups in total. The molecule has 2 rings (SSSR count). The zero-order valence-corrected chi connectivity index (χ0v) is 13.1. The van der Waals surface area contributed by atoms with Crippen LogP contribution >= 0.6 is 0 Å². The van der Waals surface area contributed by atoms with Crippen molar-refractivity contribution in [2.24, 2.45) is 0 Å². The lowest BCUT2D eigenvalue weighted by atomic mass is 10.2. The van der Waals surface area contributed by atoms with Gasteiger partial charge >= 0.3 is 5.97 Å². The molecular formula is C15H13F2NO4S. The number of methoxy groups -OCH3 is 1. The number of esters is 1. The van der Waals surface area contributed by atoms with E-state index in [1.165, 1.54) is 12.1 Å². The van der Waals surface area contributed by atoms with E-state index in [9.17, 15) is 22.0 Å². The maximum Gasteiger partial charge on any atom is 0.339 e. The molecule has 0 atom stereocenters. The SMILES string of the molecule is COC(=O)c1ccc(F)cc1S(=O)(=O)Nc1cc(F)ccc1C. The Kier molecular flexibility index (Phi) is 4.65. The third-order valence-corrected chi connectivity index (χ3v) is 4.49. The number of aryl methyl sites for hydroxylation is 1. The van der Waals surface area contributed by atoms with Gasteiger partial charge in [0.2, 0.25) is 0 Å². The van der Waals surface area contributed by atoms with Gasteiger partial charge < -0.3 is 4.74 Å². The third-order valence-electron chi connectivity index (χ3n) is 3.08. The Bertz CT molecular complexity index is 866. The van der Waals surface area contributed by atoms with Gasteiger partial charge in [-0.1, -0.05) is 6.07 Å². The Balaban J connectivity index is 2.53. The van der Waals surface area contributed by atoms with Crippen LogP contribution in [0.25, 0.3) is 0 Å². The van der Waals surface area contributed by atoms with Crippen LogP contribution in [-0.4, -0.2) is 21.5 Å². The monoisotopic (exact) mass is 341 g/mol. The average Bonchev–Trinajstić information content (AvgIpc) is 2.50. The van der Waals surface area contributed by atoms with E-state index in [1.54, 1.807) is 6.92 Å². The quantitative estimate of drug-likeness (QED) is 0.868. The minimum atomic E-state index is -4.32. The maximum atomic E-state index is 13.4. The van der Waals surface area contributed by atoms with Crippen molar-refractivity contribution >= 4 is 21.7 Å². The number of carbonyl (C=O) groups excluding carboxylic acids is 1. The largest absolute Gasteiger partial charge is 0.465 e. The molecular weight excluding hydrogens is 328 g/mol. The smallest absolute Gasteiger partial charge is 0.339 e. The fourth-order valence-electron chi connectivity index (χ4n) is 1.90. The summed E-state index contributed by atoms with van der Waals surface area (Å²) in [7, 11) is -3.24. The summed E-state index contributed by atoms with van der Waals surface area (Å²) >= 11 is 0. The number of carbonyl (C=O) groups is 1. The molecule has 0 fully saturated rings. The molecule has 23 heavy (non-hydrogen) atoms. The Morgan fingerprint density at radius 1 is 1.09 bits per heavy atom. The van der Waals surface area contributed by atoms with Crippen LogP contribution in [0.4, 0.5) is 14.5 Å². The van der Waals surface area contributed by atoms with Gasteiger partial charge in [-0.2, -0.15) is 0 Å². The van der Waals surface area contributed by atoms with Crippen LogP contribution < -0.4 is 4.72 Å². The fourth-order valence-corrected chi connectivity index (χ4v) is 3.23. The first-order valence-electron chi connectivity index (χ1n) is 6.41. The van der Waals surface area contributed by atoms with Crippen LogP contribution in [0.1, 0.15) is 15.9 Å². The standard InChI is InChI=1S/C15H13F2NO4S/c1-9-3-4-10(16)7-13(9)18-23(20,21)14-8-11(17)5-6-12(14)15(19)22-2/h3-8,18H,1-2H3. The number of nitrogens with one attached hydrogen (secondary N) is 1. The maximum absolute atomic E-state index is 13.4. The normalized spacial score (nSPS) is 11.1. The Morgan fingerprint density at radius 3 is 2.35 bits per heavy atom. The molecule has 0 saturated carbocycles. The predicted octanol–water partition coefficient (Wildman–Crippen LogP) is 2.86. The van der Waals surface area contributed by atoms with Crippen molar-refractivity contribution in [3.63, 3.8) is 0 Å². The minimum Gasteiger partial charge on any atom is -0.465 e. The lowest BCUT2D eigenvalue weighted by Crippen LogP contribution is -2.18. The van der Waals surface area contributed by atoms with Crippen molar-refractivity contribution < 1.29 is 26.7 Å². The first-order valence-corrected chi connectivity index (χ1v) is 7.90. The highest BCUT2D eigenvalue weighted by molar-refractivity contribution is 7.92. The lowest BCUT2D eigenvalue weighted by Gasteiger charge is -2.13. The van der Waals surface area contributed by atoms with E-state index in [2.05, 4.69) is 9.46 Å². The molecule has 2 aromatic rings. The van der Waals surface area contributed by atoms with Crippen LogP contribution in [0.2, 0.25) is 0 Å². The Hall–Kier alpha value is -2.48. The molecule has 5 nitrogen and oxygen atoms in total. The Morgan fingerprint density at radius 2 is 1.70 bits per heavy atom. The zero-order valence-electron chi connectivity index (χ0n) is 12.3. The topological polar surface area (TPSA) is 72.5 Å². The molecule has 0 amide bonds. The highest BCUT2D eigenvalue weighted by Crippen LogP contribution is 2.24. The zero-order chi connectivity index (χ0) is 17.2. The molecule has 0 saturated heterocycles. The molecule has 0 radical (unpaired) electrons. The van der Waals surface area contributed by atoms with Gasteiger partial charge in [-0.15, -0.1) is 0 Å². The molecule has 0 aromatic heterocycles. The van der Waals surface area contributed by atoms with Gasteiger partial charge in [0.15, 0.2) is 0 Å². The van der Waals surface area contributed by atoms with Gasteiger partial charge in [0.25, 0.3) is 10.0 Å². The fraction of sp³-hybridized carbons (Fsp3) is 0.133. The summed E-state index contributed by atoms with van der Waals surface area (Å²) in [6.45, 7) is 1.57. The van der Waals surface area contributed by atoms with Gasteiger partial charge in [-0.25, -0.2) is 22.0 Å². The number of anilines is 1. The second kappa shape index (κ2) is 6.33. The van der Waals surface area contributed by atoms with Crippen molar-refractivity contribution in [2.45, 2.75) is 11.8 Å². The summed E-state index contributed by atoms with van der Waals surface area (Å²) in [5, 5.41) is 0. The van der Waals surface area contributed by atoms with Crippen LogP contribution in [0.15, 0.2) is 41.3 Å². The number of benzene rings is 2. The highest BCUT2D eigenvalue weighted by atomic mass is 32.2. The number of hydrogen-bond acceptors (Lipinski definition) is 4. The predicted molar refractivity (Wildman–Crippen MR) is 79.7 cm³/mol. The summed E-state index contributed by atoms with van der Waals surface area (Å²) in [5.74, 6) is -2.41. The molecule has 0 aliphatic carbocycles. The minimum absolute atomic E-state index is 0.00919. The molecule has 0 unspecified atom stereocenters. The number of sulfonamides is 1. The van der Waals surface area contributed by atoms with E-state index in [1.807, 2.05) is 0 Å². The number of rotatable bonds is 4. The summed E-state index contributed by atoms with van der Waals surface area (Å²) < 4.78 is 58.2. The van der Waals surface area contributed by atoms with Gasteiger partial charge in [0, 0.05) is 0 Å². The third kappa shape index (κ3) is 3.65. The summed E-state index contributed by atoms with van der Waals surface area (Å²) in [5.41, 5.74) is 0.131. The summed E-state index contributed by atoms with van der Waals surface area (Å²) in [6.07, 6.45) is 0. The van der Waals surface area contributed by atoms with Gasteiger partial charge in [-0.05, 0) is 42.8 Å². The van der Waals surface area contributed by atoms with Gasteiger partial charge in [0.05, 0.1) is 18.4 Å². The second-order valence-corrected chi connectivity index (χ2v) is 6.35. The summed E-state index contributed by atoms with van der Waals surface area (Å²) in [4.78, 5) is 11.1. The highest BCUT2D eigenvalue weighted by Gasteiger charge is 2.24. The number of halogens is 2. The van der Waals surface area contributed by atoms with Crippen molar-refractivity contribution in [3.05, 3.63) is 59.2 Å². The van der Waals surface area contributed by atoms with Gasteiger partial charge in [-0.3, -0.25) is 4.72 Å². The van der Waals surface area contributed by atoms with Crippen LogP contribution in [0.3, 0.4) is 0 Å². The number of hydrogen-bond donors (Lipinski definition) is 1. The number of ether oxygens (including phenoxy) is 1. The van der Waals surface area contributed by atoms with Crippen molar-refractivity contribution in [1.82, 2.24) is 0 Å². The van der Waals surface area contributed by atoms with E-state index in [-0.39, 0.29) is 11.3 Å². The van der Waals surface area contributed by atoms with Crippen LogP contribution in [0.5, 0.6) is 0 Å². The lowest BCUT2D eigenvalue weighted by molar-refractivity contribution is 0.0596. The average molecular weight is 341 g/mol. The molecule has 0 spiro atoms. The first kappa shape index (κ1) is 16.9. The van der Waals surface area contributed by atoms with E-state index in [0.717, 1.165) is 25.3 Å². The Labute approximate surface area is 132 Å². The first-order chi connectivity index (χ1) is 10.7. The molecule has 122 valence electrons. The van der Waals surface area contributed by atoms with Crippen molar-refractivity contribution in [2.75, 3.05) is 11.8 Å². The second-order valence-electron chi connectivity index (χ2n) is 4.70. The van der Waals surface area contributed by atoms with Gasteiger partial charge in [0.1, 0.15) is 16.5 Å². The van der Waals surface area contributed by atoms with Crippen molar-refractivity contribution in [1.29, 1.82) is 0 Å². The van der Waals surface area contributed by atoms with E-state index in [0.29, 0.717) is 11.6 Å². The molecule has 0 aliphatic heterocycles. The molecule has 0 aliphatic rings. The van der Waals surface area contributed by atoms with E-state index < -0.39 is 32.5 Å². The molecule has 2 aromatic carbocycles. The van der Waals surface area contributed by atoms with E-state index >= 15 is 0 Å². The summed E-state index contributed by atoms with van der Waals surface area (Å²) in [6, 6.07) is 6.20. The van der Waals surface area contributed by atoms with Crippen LogP contribution in [-0.2, 0) is 14.8 Å².